The molecule has 0 spiro atoms. The van der Waals surface area contributed by atoms with Crippen LogP contribution in [0.3, 0.4) is 0 Å². The van der Waals surface area contributed by atoms with Crippen molar-refractivity contribution in [3.63, 3.8) is 0 Å². The lowest BCUT2D eigenvalue weighted by Crippen LogP contribution is -2.49. The summed E-state index contributed by atoms with van der Waals surface area (Å²) in [4.78, 5) is 19.2. The number of rotatable bonds is 7. The third-order valence-corrected chi connectivity index (χ3v) is 5.69. The summed E-state index contributed by atoms with van der Waals surface area (Å²) in [5, 5.41) is 8.79. The minimum Gasteiger partial charge on any atom is -0.457 e. The second-order valence-electron chi connectivity index (χ2n) is 7.64. The number of amides is 1. The number of aromatic nitrogens is 2. The van der Waals surface area contributed by atoms with Gasteiger partial charge in [-0.3, -0.25) is 4.79 Å². The van der Waals surface area contributed by atoms with Gasteiger partial charge >= 0.3 is 0 Å². The molecule has 2 aromatic carbocycles. The van der Waals surface area contributed by atoms with Crippen molar-refractivity contribution in [2.45, 2.75) is 13.8 Å². The fourth-order valence-electron chi connectivity index (χ4n) is 3.81. The van der Waals surface area contributed by atoms with E-state index in [9.17, 15) is 4.79 Å². The number of nitrogens with zero attached hydrogens (tertiary/aromatic N) is 5. The number of carbonyl (C=O) groups is 1. The van der Waals surface area contributed by atoms with Gasteiger partial charge in [-0.15, -0.1) is 10.2 Å². The SMILES string of the molecule is CCN(CC)c1ccc(N2CCN(C(=O)c3ccc(Oc4ccccc4)cc3)CC2)nn1. The standard InChI is InChI=1S/C25H29N5O2/c1-3-28(4-2)23-14-15-24(27-26-23)29-16-18-30(19-17-29)25(31)20-10-12-22(13-11-20)32-21-8-6-5-7-9-21/h5-15H,3-4,16-19H2,1-2H3. The maximum atomic E-state index is 12.9. The van der Waals surface area contributed by atoms with Gasteiger partial charge in [0.05, 0.1) is 0 Å². The molecule has 1 aliphatic heterocycles. The first-order chi connectivity index (χ1) is 15.7. The lowest BCUT2D eigenvalue weighted by molar-refractivity contribution is 0.0746. The number of benzene rings is 2. The quantitative estimate of drug-likeness (QED) is 0.562. The molecule has 0 unspecified atom stereocenters. The van der Waals surface area contributed by atoms with Crippen LogP contribution in [-0.4, -0.2) is 60.3 Å². The maximum Gasteiger partial charge on any atom is 0.253 e. The van der Waals surface area contributed by atoms with E-state index in [0.29, 0.717) is 24.4 Å². The van der Waals surface area contributed by atoms with E-state index in [4.69, 9.17) is 4.74 Å². The molecule has 4 rings (SSSR count). The molecule has 32 heavy (non-hydrogen) atoms. The zero-order chi connectivity index (χ0) is 22.3. The molecule has 1 amide bonds. The molecule has 1 aromatic heterocycles. The molecule has 0 atom stereocenters. The van der Waals surface area contributed by atoms with Gasteiger partial charge in [0, 0.05) is 44.8 Å². The first kappa shape index (κ1) is 21.6. The van der Waals surface area contributed by atoms with Crippen LogP contribution < -0.4 is 14.5 Å². The van der Waals surface area contributed by atoms with E-state index < -0.39 is 0 Å². The number of piperazine rings is 1. The van der Waals surface area contributed by atoms with E-state index in [1.54, 1.807) is 0 Å². The van der Waals surface area contributed by atoms with Crippen LogP contribution in [0, 0.1) is 0 Å². The normalized spacial score (nSPS) is 13.7. The highest BCUT2D eigenvalue weighted by molar-refractivity contribution is 5.94. The molecular formula is C25H29N5O2. The summed E-state index contributed by atoms with van der Waals surface area (Å²) in [6, 6.07) is 21.0. The van der Waals surface area contributed by atoms with Gasteiger partial charge in [-0.2, -0.15) is 0 Å². The fraction of sp³-hybridized carbons (Fsp3) is 0.320. The second kappa shape index (κ2) is 10.1. The van der Waals surface area contributed by atoms with Crippen LogP contribution in [-0.2, 0) is 0 Å². The van der Waals surface area contributed by atoms with Crippen molar-refractivity contribution in [3.8, 4) is 11.5 Å². The number of anilines is 2. The molecule has 3 aromatic rings. The Kier molecular flexibility index (Phi) is 6.84. The molecule has 166 valence electrons. The van der Waals surface area contributed by atoms with Gasteiger partial charge < -0.3 is 19.4 Å². The van der Waals surface area contributed by atoms with Gasteiger partial charge in [0.25, 0.3) is 5.91 Å². The molecule has 0 aliphatic carbocycles. The molecule has 0 saturated carbocycles. The van der Waals surface area contributed by atoms with E-state index in [1.165, 1.54) is 0 Å². The predicted molar refractivity (Wildman–Crippen MR) is 127 cm³/mol. The molecule has 7 heteroatoms. The van der Waals surface area contributed by atoms with Crippen LogP contribution in [0.2, 0.25) is 0 Å². The number of hydrogen-bond acceptors (Lipinski definition) is 6. The van der Waals surface area contributed by atoms with E-state index in [2.05, 4.69) is 33.8 Å². The molecule has 0 radical (unpaired) electrons. The Morgan fingerprint density at radius 2 is 1.50 bits per heavy atom. The van der Waals surface area contributed by atoms with Gasteiger partial charge in [0.2, 0.25) is 0 Å². The molecule has 1 aliphatic rings. The highest BCUT2D eigenvalue weighted by Gasteiger charge is 2.23. The highest BCUT2D eigenvalue weighted by atomic mass is 16.5. The van der Waals surface area contributed by atoms with Crippen molar-refractivity contribution in [1.29, 1.82) is 0 Å². The van der Waals surface area contributed by atoms with E-state index in [0.717, 1.165) is 43.6 Å². The molecule has 2 heterocycles. The Bertz CT molecular complexity index is 997. The second-order valence-corrected chi connectivity index (χ2v) is 7.64. The number of ether oxygens (including phenoxy) is 1. The summed E-state index contributed by atoms with van der Waals surface area (Å²) in [6.45, 7) is 8.81. The van der Waals surface area contributed by atoms with E-state index >= 15 is 0 Å². The van der Waals surface area contributed by atoms with Gasteiger partial charge in [0.15, 0.2) is 11.6 Å². The van der Waals surface area contributed by atoms with Gasteiger partial charge in [-0.05, 0) is 62.4 Å². The van der Waals surface area contributed by atoms with Crippen molar-refractivity contribution in [1.82, 2.24) is 15.1 Å². The van der Waals surface area contributed by atoms with Gasteiger partial charge in [-0.25, -0.2) is 0 Å². The summed E-state index contributed by atoms with van der Waals surface area (Å²) < 4.78 is 5.81. The molecule has 7 nitrogen and oxygen atoms in total. The third-order valence-electron chi connectivity index (χ3n) is 5.69. The maximum absolute atomic E-state index is 12.9. The topological polar surface area (TPSA) is 61.8 Å². The van der Waals surface area contributed by atoms with Crippen LogP contribution in [0.15, 0.2) is 66.7 Å². The first-order valence-corrected chi connectivity index (χ1v) is 11.1. The zero-order valence-corrected chi connectivity index (χ0v) is 18.6. The molecule has 1 saturated heterocycles. The molecule has 0 N–H and O–H groups in total. The smallest absolute Gasteiger partial charge is 0.253 e. The lowest BCUT2D eigenvalue weighted by Gasteiger charge is -2.35. The van der Waals surface area contributed by atoms with Crippen LogP contribution in [0.1, 0.15) is 24.2 Å². The zero-order valence-electron chi connectivity index (χ0n) is 18.6. The number of para-hydroxylation sites is 1. The average molecular weight is 432 g/mol. The number of hydrogen-bond donors (Lipinski definition) is 0. The van der Waals surface area contributed by atoms with E-state index in [-0.39, 0.29) is 5.91 Å². The van der Waals surface area contributed by atoms with E-state index in [1.807, 2.05) is 71.6 Å². The molecular weight excluding hydrogens is 402 g/mol. The number of carbonyl (C=O) groups excluding carboxylic acids is 1. The Morgan fingerprint density at radius 3 is 2.09 bits per heavy atom. The minimum atomic E-state index is 0.0406. The molecule has 0 bridgehead atoms. The monoisotopic (exact) mass is 431 g/mol. The summed E-state index contributed by atoms with van der Waals surface area (Å²) in [7, 11) is 0. The van der Waals surface area contributed by atoms with Crippen molar-refractivity contribution < 1.29 is 9.53 Å². The Labute approximate surface area is 189 Å². The van der Waals surface area contributed by atoms with Crippen molar-refractivity contribution >= 4 is 17.5 Å². The van der Waals surface area contributed by atoms with Crippen molar-refractivity contribution in [2.24, 2.45) is 0 Å². The first-order valence-electron chi connectivity index (χ1n) is 11.1. The Hall–Kier alpha value is -3.61. The largest absolute Gasteiger partial charge is 0.457 e. The average Bonchev–Trinajstić information content (AvgIpc) is 2.86. The Morgan fingerprint density at radius 1 is 0.844 bits per heavy atom. The van der Waals surface area contributed by atoms with Crippen molar-refractivity contribution in [2.75, 3.05) is 49.1 Å². The van der Waals surface area contributed by atoms with Crippen molar-refractivity contribution in [3.05, 3.63) is 72.3 Å². The summed E-state index contributed by atoms with van der Waals surface area (Å²) >= 11 is 0. The summed E-state index contributed by atoms with van der Waals surface area (Å²) in [5.41, 5.74) is 0.669. The minimum absolute atomic E-state index is 0.0406. The fourth-order valence-corrected chi connectivity index (χ4v) is 3.81. The lowest BCUT2D eigenvalue weighted by atomic mass is 10.1. The predicted octanol–water partition coefficient (Wildman–Crippen LogP) is 4.08. The third kappa shape index (κ3) is 4.99. The van der Waals surface area contributed by atoms with Gasteiger partial charge in [-0.1, -0.05) is 18.2 Å². The molecule has 1 fully saturated rings. The van der Waals surface area contributed by atoms with Crippen LogP contribution in [0.4, 0.5) is 11.6 Å². The summed E-state index contributed by atoms with van der Waals surface area (Å²) in [5.74, 6) is 3.28. The Balaban J connectivity index is 1.32. The summed E-state index contributed by atoms with van der Waals surface area (Å²) in [6.07, 6.45) is 0. The van der Waals surface area contributed by atoms with Crippen LogP contribution >= 0.6 is 0 Å². The van der Waals surface area contributed by atoms with Crippen LogP contribution in [0.5, 0.6) is 11.5 Å². The van der Waals surface area contributed by atoms with Crippen LogP contribution in [0.25, 0.3) is 0 Å². The van der Waals surface area contributed by atoms with Gasteiger partial charge in [0.1, 0.15) is 11.5 Å². The highest BCUT2D eigenvalue weighted by Crippen LogP contribution is 2.22.